The number of pyridine rings is 1. The lowest BCUT2D eigenvalue weighted by Crippen LogP contribution is -2.07. The third kappa shape index (κ3) is 1.51. The van der Waals surface area contributed by atoms with Gasteiger partial charge in [0.1, 0.15) is 0 Å². The van der Waals surface area contributed by atoms with Gasteiger partial charge >= 0.3 is 5.97 Å². The molecule has 0 unspecified atom stereocenters. The molecule has 0 saturated carbocycles. The van der Waals surface area contributed by atoms with Crippen molar-refractivity contribution in [1.29, 1.82) is 0 Å². The molecule has 1 heterocycles. The third-order valence-electron chi connectivity index (χ3n) is 3.07. The number of ether oxygens (including phenoxy) is 1. The molecule has 17 heavy (non-hydrogen) atoms. The molecule has 0 bridgehead atoms. The smallest absolute Gasteiger partial charge is 0.334 e. The van der Waals surface area contributed by atoms with Crippen LogP contribution in [-0.2, 0) is 9.53 Å². The maximum Gasteiger partial charge on any atom is 0.334 e. The molecular formula is C14H11NO2. The molecule has 84 valence electrons. The number of carbonyl (C=O) groups excluding carboxylic acids is 1. The summed E-state index contributed by atoms with van der Waals surface area (Å²) in [7, 11) is 1.40. The molecule has 0 radical (unpaired) electrons. The SMILES string of the molecule is COC(=O)C1=CC=C2C(=Cc3ncccc32)C1. The average molecular weight is 225 g/mol. The molecule has 0 fully saturated rings. The highest BCUT2D eigenvalue weighted by Gasteiger charge is 2.24. The summed E-state index contributed by atoms with van der Waals surface area (Å²) in [5.41, 5.74) is 5.12. The van der Waals surface area contributed by atoms with E-state index in [1.807, 2.05) is 24.3 Å². The van der Waals surface area contributed by atoms with Crippen LogP contribution >= 0.6 is 0 Å². The molecule has 0 amide bonds. The van der Waals surface area contributed by atoms with Crippen molar-refractivity contribution in [2.24, 2.45) is 0 Å². The van der Waals surface area contributed by atoms with Crippen LogP contribution in [0.5, 0.6) is 0 Å². The number of fused-ring (bicyclic) bond motifs is 3. The Balaban J connectivity index is 2.03. The summed E-state index contributed by atoms with van der Waals surface area (Å²) in [6.07, 6.45) is 8.24. The van der Waals surface area contributed by atoms with Crippen molar-refractivity contribution in [2.45, 2.75) is 6.42 Å². The van der Waals surface area contributed by atoms with Gasteiger partial charge in [-0.1, -0.05) is 18.2 Å². The first-order valence-corrected chi connectivity index (χ1v) is 5.45. The van der Waals surface area contributed by atoms with Gasteiger partial charge in [0.25, 0.3) is 0 Å². The highest BCUT2D eigenvalue weighted by Crippen LogP contribution is 2.39. The van der Waals surface area contributed by atoms with Crippen LogP contribution in [0.2, 0.25) is 0 Å². The number of carbonyl (C=O) groups is 1. The Morgan fingerprint density at radius 1 is 1.41 bits per heavy atom. The summed E-state index contributed by atoms with van der Waals surface area (Å²) in [4.78, 5) is 15.8. The number of aromatic nitrogens is 1. The molecule has 0 N–H and O–H groups in total. The maximum absolute atomic E-state index is 11.5. The zero-order chi connectivity index (χ0) is 11.8. The van der Waals surface area contributed by atoms with E-state index in [0.717, 1.165) is 16.8 Å². The van der Waals surface area contributed by atoms with E-state index in [9.17, 15) is 4.79 Å². The number of nitrogens with zero attached hydrogens (tertiary/aromatic N) is 1. The summed E-state index contributed by atoms with van der Waals surface area (Å²) in [6, 6.07) is 3.98. The van der Waals surface area contributed by atoms with Crippen LogP contribution in [0.25, 0.3) is 11.6 Å². The fourth-order valence-corrected chi connectivity index (χ4v) is 2.24. The van der Waals surface area contributed by atoms with Gasteiger partial charge in [-0.2, -0.15) is 0 Å². The van der Waals surface area contributed by atoms with Crippen LogP contribution in [0.3, 0.4) is 0 Å². The van der Waals surface area contributed by atoms with Crippen LogP contribution in [-0.4, -0.2) is 18.1 Å². The molecule has 2 aliphatic carbocycles. The lowest BCUT2D eigenvalue weighted by atomic mass is 9.93. The van der Waals surface area contributed by atoms with Crippen LogP contribution in [0, 0.1) is 0 Å². The monoisotopic (exact) mass is 225 g/mol. The fourth-order valence-electron chi connectivity index (χ4n) is 2.24. The Morgan fingerprint density at radius 2 is 2.29 bits per heavy atom. The largest absolute Gasteiger partial charge is 0.466 e. The van der Waals surface area contributed by atoms with Crippen LogP contribution in [0.4, 0.5) is 0 Å². The van der Waals surface area contributed by atoms with Gasteiger partial charge in [0, 0.05) is 23.8 Å². The number of methoxy groups -OCH3 is 1. The van der Waals surface area contributed by atoms with Crippen molar-refractivity contribution in [3.05, 3.63) is 52.9 Å². The molecular weight excluding hydrogens is 214 g/mol. The Bertz CT molecular complexity index is 594. The van der Waals surface area contributed by atoms with E-state index in [1.165, 1.54) is 12.7 Å². The molecule has 0 atom stereocenters. The van der Waals surface area contributed by atoms with E-state index in [2.05, 4.69) is 11.1 Å². The van der Waals surface area contributed by atoms with Crippen molar-refractivity contribution in [3.63, 3.8) is 0 Å². The predicted octanol–water partition coefficient (Wildman–Crippen LogP) is 2.37. The van der Waals surface area contributed by atoms with E-state index in [1.54, 1.807) is 6.20 Å². The Kier molecular flexibility index (Phi) is 2.18. The predicted molar refractivity (Wildman–Crippen MR) is 64.9 cm³/mol. The van der Waals surface area contributed by atoms with Gasteiger partial charge in [-0.05, 0) is 23.3 Å². The summed E-state index contributed by atoms with van der Waals surface area (Å²) in [5, 5.41) is 0. The van der Waals surface area contributed by atoms with Gasteiger partial charge in [0.2, 0.25) is 0 Å². The molecule has 2 aliphatic rings. The normalized spacial score (nSPS) is 16.4. The number of rotatable bonds is 1. The summed E-state index contributed by atoms with van der Waals surface area (Å²) >= 11 is 0. The van der Waals surface area contributed by atoms with Crippen LogP contribution in [0.15, 0.2) is 41.6 Å². The second kappa shape index (κ2) is 3.70. The molecule has 3 nitrogen and oxygen atoms in total. The van der Waals surface area contributed by atoms with Crippen molar-refractivity contribution < 1.29 is 9.53 Å². The number of allylic oxidation sites excluding steroid dienone is 4. The molecule has 3 heteroatoms. The van der Waals surface area contributed by atoms with Gasteiger partial charge in [0.15, 0.2) is 0 Å². The zero-order valence-electron chi connectivity index (χ0n) is 9.43. The van der Waals surface area contributed by atoms with E-state index >= 15 is 0 Å². The maximum atomic E-state index is 11.5. The summed E-state index contributed by atoms with van der Waals surface area (Å²) < 4.78 is 4.74. The minimum atomic E-state index is -0.259. The quantitative estimate of drug-likeness (QED) is 0.689. The van der Waals surface area contributed by atoms with E-state index < -0.39 is 0 Å². The number of esters is 1. The molecule has 0 saturated heterocycles. The van der Waals surface area contributed by atoms with Crippen LogP contribution in [0.1, 0.15) is 17.7 Å². The van der Waals surface area contributed by atoms with Crippen molar-refractivity contribution in [2.75, 3.05) is 7.11 Å². The van der Waals surface area contributed by atoms with Crippen molar-refractivity contribution in [3.8, 4) is 0 Å². The average Bonchev–Trinajstić information content (AvgIpc) is 2.75. The van der Waals surface area contributed by atoms with Gasteiger partial charge in [-0.15, -0.1) is 0 Å². The highest BCUT2D eigenvalue weighted by atomic mass is 16.5. The van der Waals surface area contributed by atoms with Gasteiger partial charge in [-0.3, -0.25) is 4.98 Å². The Labute approximate surface area is 99.1 Å². The van der Waals surface area contributed by atoms with Crippen molar-refractivity contribution in [1.82, 2.24) is 4.98 Å². The molecule has 0 aromatic carbocycles. The van der Waals surface area contributed by atoms with E-state index in [4.69, 9.17) is 4.74 Å². The fraction of sp³-hybridized carbons (Fsp3) is 0.143. The summed E-state index contributed by atoms with van der Waals surface area (Å²) in [5.74, 6) is -0.259. The van der Waals surface area contributed by atoms with Crippen LogP contribution < -0.4 is 0 Å². The first-order chi connectivity index (χ1) is 8.29. The van der Waals surface area contributed by atoms with Gasteiger partial charge < -0.3 is 4.74 Å². The second-order valence-corrected chi connectivity index (χ2v) is 4.05. The third-order valence-corrected chi connectivity index (χ3v) is 3.07. The number of hydrogen-bond acceptors (Lipinski definition) is 3. The minimum Gasteiger partial charge on any atom is -0.466 e. The second-order valence-electron chi connectivity index (χ2n) is 4.05. The Hall–Kier alpha value is -2.16. The lowest BCUT2D eigenvalue weighted by molar-refractivity contribution is -0.136. The molecule has 1 aromatic rings. The number of hydrogen-bond donors (Lipinski definition) is 0. The molecule has 3 rings (SSSR count). The highest BCUT2D eigenvalue weighted by molar-refractivity contribution is 6.00. The summed E-state index contributed by atoms with van der Waals surface area (Å²) in [6.45, 7) is 0. The first-order valence-electron chi connectivity index (χ1n) is 5.45. The first kappa shape index (κ1) is 10.0. The van der Waals surface area contributed by atoms with Gasteiger partial charge in [0.05, 0.1) is 12.8 Å². The molecule has 0 spiro atoms. The zero-order valence-corrected chi connectivity index (χ0v) is 9.43. The lowest BCUT2D eigenvalue weighted by Gasteiger charge is -2.13. The van der Waals surface area contributed by atoms with Gasteiger partial charge in [-0.25, -0.2) is 4.79 Å². The molecule has 1 aromatic heterocycles. The molecule has 0 aliphatic heterocycles. The Morgan fingerprint density at radius 3 is 3.12 bits per heavy atom. The topological polar surface area (TPSA) is 39.2 Å². The van der Waals surface area contributed by atoms with E-state index in [-0.39, 0.29) is 5.97 Å². The van der Waals surface area contributed by atoms with E-state index in [0.29, 0.717) is 12.0 Å². The minimum absolute atomic E-state index is 0.259. The standard InChI is InChI=1S/C14H11NO2/c1-17-14(16)9-4-5-11-10(7-9)8-13-12(11)3-2-6-15-13/h2-6,8H,7H2,1H3. The van der Waals surface area contributed by atoms with Crippen molar-refractivity contribution >= 4 is 17.6 Å².